The smallest absolute Gasteiger partial charge is 0.272 e. The molecule has 0 spiro atoms. The average molecular weight is 286 g/mol. The lowest BCUT2D eigenvalue weighted by molar-refractivity contribution is -0.385. The van der Waals surface area contributed by atoms with Crippen molar-refractivity contribution in [3.8, 4) is 0 Å². The molecule has 21 heavy (non-hydrogen) atoms. The third-order valence-electron chi connectivity index (χ3n) is 4.04. The van der Waals surface area contributed by atoms with E-state index in [4.69, 9.17) is 0 Å². The third-order valence-corrected chi connectivity index (χ3v) is 4.04. The Hall–Kier alpha value is -2.21. The van der Waals surface area contributed by atoms with E-state index in [2.05, 4.69) is 14.9 Å². The highest BCUT2D eigenvalue weighted by Gasteiger charge is 2.27. The van der Waals surface area contributed by atoms with Gasteiger partial charge in [0.1, 0.15) is 5.82 Å². The van der Waals surface area contributed by atoms with Gasteiger partial charge in [0.05, 0.1) is 11.0 Å². The highest BCUT2D eigenvalue weighted by Crippen LogP contribution is 2.31. The molecule has 0 bridgehead atoms. The minimum atomic E-state index is -0.333. The first-order chi connectivity index (χ1) is 10.1. The molecule has 1 aliphatic heterocycles. The molecule has 0 radical (unpaired) electrons. The second-order valence-electron chi connectivity index (χ2n) is 5.48. The second kappa shape index (κ2) is 5.65. The number of hydrogen-bond acceptors (Lipinski definition) is 4. The highest BCUT2D eigenvalue weighted by atomic mass is 16.6. The number of nitrogens with one attached hydrogen (secondary N) is 1. The summed E-state index contributed by atoms with van der Waals surface area (Å²) in [5.74, 6) is 1.01. The van der Waals surface area contributed by atoms with Crippen molar-refractivity contribution >= 4 is 5.69 Å². The van der Waals surface area contributed by atoms with E-state index in [1.807, 2.05) is 18.3 Å². The zero-order valence-corrected chi connectivity index (χ0v) is 12.0. The number of rotatable bonds is 4. The van der Waals surface area contributed by atoms with Crippen molar-refractivity contribution in [2.45, 2.75) is 32.4 Å². The number of hydrogen-bond donors (Lipinski definition) is 1. The fourth-order valence-electron chi connectivity index (χ4n) is 3.04. The molecule has 6 heteroatoms. The van der Waals surface area contributed by atoms with Gasteiger partial charge in [-0.25, -0.2) is 4.98 Å². The number of nitro benzene ring substituents is 1. The largest absolute Gasteiger partial charge is 0.347 e. The molecule has 0 amide bonds. The Labute approximate surface area is 123 Å². The molecule has 1 aliphatic rings. The lowest BCUT2D eigenvalue weighted by Gasteiger charge is -2.23. The molecule has 0 aliphatic carbocycles. The van der Waals surface area contributed by atoms with Crippen LogP contribution in [0.15, 0.2) is 30.6 Å². The van der Waals surface area contributed by atoms with Gasteiger partial charge in [0, 0.05) is 30.6 Å². The van der Waals surface area contributed by atoms with Crippen LogP contribution in [-0.2, 0) is 6.54 Å². The zero-order chi connectivity index (χ0) is 14.8. The molecule has 2 aromatic rings. The van der Waals surface area contributed by atoms with Crippen LogP contribution in [0, 0.1) is 17.0 Å². The Bertz CT molecular complexity index is 639. The summed E-state index contributed by atoms with van der Waals surface area (Å²) in [4.78, 5) is 20.5. The predicted octanol–water partition coefficient (Wildman–Crippen LogP) is 2.96. The van der Waals surface area contributed by atoms with Crippen LogP contribution in [0.1, 0.15) is 35.8 Å². The SMILES string of the molecule is Cc1cc(CN2CCC[C@H]2c2ncc[nH]2)ccc1[N+](=O)[O-]. The van der Waals surface area contributed by atoms with Crippen molar-refractivity contribution in [2.24, 2.45) is 0 Å². The molecule has 1 fully saturated rings. The number of aryl methyl sites for hydroxylation is 1. The second-order valence-corrected chi connectivity index (χ2v) is 5.48. The Balaban J connectivity index is 1.77. The fourth-order valence-corrected chi connectivity index (χ4v) is 3.04. The van der Waals surface area contributed by atoms with E-state index < -0.39 is 0 Å². The summed E-state index contributed by atoms with van der Waals surface area (Å²) in [7, 11) is 0. The molecule has 3 rings (SSSR count). The third kappa shape index (κ3) is 2.80. The Morgan fingerprint density at radius 2 is 2.38 bits per heavy atom. The Morgan fingerprint density at radius 1 is 1.52 bits per heavy atom. The highest BCUT2D eigenvalue weighted by molar-refractivity contribution is 5.41. The van der Waals surface area contributed by atoms with Gasteiger partial charge in [-0.15, -0.1) is 0 Å². The van der Waals surface area contributed by atoms with Crippen LogP contribution in [0.3, 0.4) is 0 Å². The molecule has 1 atom stereocenters. The lowest BCUT2D eigenvalue weighted by Crippen LogP contribution is -2.23. The predicted molar refractivity (Wildman–Crippen MR) is 78.8 cm³/mol. The molecule has 6 nitrogen and oxygen atoms in total. The number of benzene rings is 1. The van der Waals surface area contributed by atoms with E-state index >= 15 is 0 Å². The standard InChI is InChI=1S/C15H18N4O2/c1-11-9-12(4-5-13(11)19(20)21)10-18-8-2-3-14(18)15-16-6-7-17-15/h4-7,9,14H,2-3,8,10H2,1H3,(H,16,17)/t14-/m0/s1. The van der Waals surface area contributed by atoms with Crippen LogP contribution in [0.5, 0.6) is 0 Å². The van der Waals surface area contributed by atoms with E-state index in [1.54, 1.807) is 19.2 Å². The summed E-state index contributed by atoms with van der Waals surface area (Å²) < 4.78 is 0. The first-order valence-electron chi connectivity index (χ1n) is 7.12. The quantitative estimate of drug-likeness (QED) is 0.692. The number of aromatic amines is 1. The molecule has 1 aromatic carbocycles. The summed E-state index contributed by atoms with van der Waals surface area (Å²) in [5, 5.41) is 10.9. The topological polar surface area (TPSA) is 75.1 Å². The van der Waals surface area contributed by atoms with E-state index in [1.165, 1.54) is 0 Å². The van der Waals surface area contributed by atoms with Gasteiger partial charge in [0.25, 0.3) is 5.69 Å². The van der Waals surface area contributed by atoms with Crippen LogP contribution in [0.4, 0.5) is 5.69 Å². The van der Waals surface area contributed by atoms with E-state index in [0.717, 1.165) is 37.3 Å². The van der Waals surface area contributed by atoms with Gasteiger partial charge in [-0.05, 0) is 37.9 Å². The molecule has 1 N–H and O–H groups in total. The molecule has 0 saturated carbocycles. The minimum Gasteiger partial charge on any atom is -0.347 e. The van der Waals surface area contributed by atoms with E-state index in [-0.39, 0.29) is 10.6 Å². The maximum absolute atomic E-state index is 10.9. The van der Waals surface area contributed by atoms with E-state index in [9.17, 15) is 10.1 Å². The van der Waals surface area contributed by atoms with Gasteiger partial charge in [-0.3, -0.25) is 15.0 Å². The van der Waals surface area contributed by atoms with Gasteiger partial charge in [0.2, 0.25) is 0 Å². The number of H-pyrrole nitrogens is 1. The van der Waals surface area contributed by atoms with E-state index in [0.29, 0.717) is 11.6 Å². The fraction of sp³-hybridized carbons (Fsp3) is 0.400. The zero-order valence-electron chi connectivity index (χ0n) is 12.0. The normalized spacial score (nSPS) is 19.0. The van der Waals surface area contributed by atoms with Crippen LogP contribution in [0.25, 0.3) is 0 Å². The van der Waals surface area contributed by atoms with Crippen molar-refractivity contribution in [1.29, 1.82) is 0 Å². The number of nitro groups is 1. The Kier molecular flexibility index (Phi) is 3.70. The van der Waals surface area contributed by atoms with Gasteiger partial charge in [0.15, 0.2) is 0 Å². The number of nitrogens with zero attached hydrogens (tertiary/aromatic N) is 3. The summed E-state index contributed by atoms with van der Waals surface area (Å²) in [5.41, 5.74) is 2.01. The molecular weight excluding hydrogens is 268 g/mol. The van der Waals surface area contributed by atoms with Gasteiger partial charge < -0.3 is 4.98 Å². The monoisotopic (exact) mass is 286 g/mol. The van der Waals surface area contributed by atoms with Crippen molar-refractivity contribution in [1.82, 2.24) is 14.9 Å². The maximum Gasteiger partial charge on any atom is 0.272 e. The summed E-state index contributed by atoms with van der Waals surface area (Å²) in [6, 6.07) is 5.68. The summed E-state index contributed by atoms with van der Waals surface area (Å²) in [6.45, 7) is 3.61. The minimum absolute atomic E-state index is 0.183. The molecule has 110 valence electrons. The number of likely N-dealkylation sites (tertiary alicyclic amines) is 1. The first kappa shape index (κ1) is 13.8. The van der Waals surface area contributed by atoms with Crippen LogP contribution < -0.4 is 0 Å². The van der Waals surface area contributed by atoms with Gasteiger partial charge >= 0.3 is 0 Å². The average Bonchev–Trinajstić information content (AvgIpc) is 3.08. The summed E-state index contributed by atoms with van der Waals surface area (Å²) in [6.07, 6.45) is 5.88. The van der Waals surface area contributed by atoms with Crippen LogP contribution >= 0.6 is 0 Å². The first-order valence-corrected chi connectivity index (χ1v) is 7.12. The molecule has 0 unspecified atom stereocenters. The molecule has 1 saturated heterocycles. The summed E-state index contributed by atoms with van der Waals surface area (Å²) >= 11 is 0. The maximum atomic E-state index is 10.9. The van der Waals surface area contributed by atoms with Crippen LogP contribution in [0.2, 0.25) is 0 Å². The van der Waals surface area contributed by atoms with Crippen molar-refractivity contribution in [3.63, 3.8) is 0 Å². The molecule has 2 heterocycles. The van der Waals surface area contributed by atoms with Crippen molar-refractivity contribution in [3.05, 3.63) is 57.7 Å². The van der Waals surface area contributed by atoms with Crippen LogP contribution in [-0.4, -0.2) is 26.3 Å². The van der Waals surface area contributed by atoms with Gasteiger partial charge in [-0.2, -0.15) is 0 Å². The number of imidazole rings is 1. The molecular formula is C15H18N4O2. The van der Waals surface area contributed by atoms with Crippen molar-refractivity contribution in [2.75, 3.05) is 6.54 Å². The van der Waals surface area contributed by atoms with Gasteiger partial charge in [-0.1, -0.05) is 6.07 Å². The number of aromatic nitrogens is 2. The lowest BCUT2D eigenvalue weighted by atomic mass is 10.1. The van der Waals surface area contributed by atoms with Crippen molar-refractivity contribution < 1.29 is 4.92 Å². The molecule has 1 aromatic heterocycles. The Morgan fingerprint density at radius 3 is 3.05 bits per heavy atom.